The molecule has 0 aliphatic carbocycles. The molecular weight excluding hydrogens is 388 g/mol. The van der Waals surface area contributed by atoms with E-state index in [0.29, 0.717) is 34.1 Å². The standard InChI is InChI=1S/C22H21ClN4O2/c23-16-7-8-19(26-22(29)15-4-3-9-24-13-15)18(12-16)21(28)17-5-1-2-6-20(17)27-11-10-25-14-27/h1-2,5-8,10-12,14-15,24H,3-4,9,13H2,(H,26,29). The quantitative estimate of drug-likeness (QED) is 0.631. The van der Waals surface area contributed by atoms with Crippen LogP contribution in [0.25, 0.3) is 5.69 Å². The molecule has 0 bridgehead atoms. The van der Waals surface area contributed by atoms with Gasteiger partial charge < -0.3 is 15.2 Å². The van der Waals surface area contributed by atoms with Crippen molar-refractivity contribution in [3.8, 4) is 5.69 Å². The number of hydrogen-bond donors (Lipinski definition) is 2. The predicted octanol–water partition coefficient (Wildman–Crippen LogP) is 3.69. The molecule has 1 amide bonds. The molecule has 2 aromatic carbocycles. The van der Waals surface area contributed by atoms with E-state index in [2.05, 4.69) is 15.6 Å². The van der Waals surface area contributed by atoms with E-state index in [9.17, 15) is 9.59 Å². The van der Waals surface area contributed by atoms with Gasteiger partial charge in [-0.05, 0) is 49.7 Å². The molecule has 7 heteroatoms. The molecule has 1 atom stereocenters. The zero-order chi connectivity index (χ0) is 20.2. The highest BCUT2D eigenvalue weighted by atomic mass is 35.5. The number of aromatic nitrogens is 2. The van der Waals surface area contributed by atoms with Crippen molar-refractivity contribution in [3.05, 3.63) is 77.3 Å². The molecule has 29 heavy (non-hydrogen) atoms. The number of nitrogens with zero attached hydrogens (tertiary/aromatic N) is 2. The fourth-order valence-electron chi connectivity index (χ4n) is 3.56. The van der Waals surface area contributed by atoms with Crippen molar-refractivity contribution in [2.75, 3.05) is 18.4 Å². The molecule has 0 spiro atoms. The minimum absolute atomic E-state index is 0.0866. The lowest BCUT2D eigenvalue weighted by Gasteiger charge is -2.22. The summed E-state index contributed by atoms with van der Waals surface area (Å²) >= 11 is 6.18. The van der Waals surface area contributed by atoms with Crippen molar-refractivity contribution in [3.63, 3.8) is 0 Å². The number of anilines is 1. The number of rotatable bonds is 5. The van der Waals surface area contributed by atoms with Gasteiger partial charge in [-0.1, -0.05) is 23.7 Å². The SMILES string of the molecule is O=C(c1cc(Cl)ccc1NC(=O)C1CCCNC1)c1ccccc1-n1ccnc1. The Hall–Kier alpha value is -2.96. The van der Waals surface area contributed by atoms with Gasteiger partial charge in [0.05, 0.1) is 23.6 Å². The van der Waals surface area contributed by atoms with Gasteiger partial charge in [0.25, 0.3) is 0 Å². The maximum absolute atomic E-state index is 13.4. The average molecular weight is 409 g/mol. The lowest BCUT2D eigenvalue weighted by Crippen LogP contribution is -2.37. The second kappa shape index (κ2) is 8.59. The Kier molecular flexibility index (Phi) is 5.74. The number of hydrogen-bond acceptors (Lipinski definition) is 4. The lowest BCUT2D eigenvalue weighted by molar-refractivity contribution is -0.120. The van der Waals surface area contributed by atoms with E-state index in [0.717, 1.165) is 19.4 Å². The second-order valence-electron chi connectivity index (χ2n) is 7.04. The van der Waals surface area contributed by atoms with Gasteiger partial charge in [-0.3, -0.25) is 9.59 Å². The molecule has 148 valence electrons. The van der Waals surface area contributed by atoms with Crippen LogP contribution in [-0.2, 0) is 4.79 Å². The number of imidazole rings is 1. The maximum Gasteiger partial charge on any atom is 0.228 e. The number of nitrogens with one attached hydrogen (secondary N) is 2. The van der Waals surface area contributed by atoms with Crippen LogP contribution in [0, 0.1) is 5.92 Å². The summed E-state index contributed by atoms with van der Waals surface area (Å²) < 4.78 is 1.78. The van der Waals surface area contributed by atoms with E-state index < -0.39 is 0 Å². The fraction of sp³-hybridized carbons (Fsp3) is 0.227. The number of piperidine rings is 1. The van der Waals surface area contributed by atoms with E-state index in [1.54, 1.807) is 47.6 Å². The van der Waals surface area contributed by atoms with Crippen LogP contribution in [0.1, 0.15) is 28.8 Å². The zero-order valence-electron chi connectivity index (χ0n) is 15.8. The summed E-state index contributed by atoms with van der Waals surface area (Å²) in [4.78, 5) is 30.2. The highest BCUT2D eigenvalue weighted by Gasteiger charge is 2.24. The third-order valence-electron chi connectivity index (χ3n) is 5.08. The number of carbonyl (C=O) groups is 2. The van der Waals surface area contributed by atoms with E-state index in [-0.39, 0.29) is 17.6 Å². The first-order valence-electron chi connectivity index (χ1n) is 9.56. The third kappa shape index (κ3) is 4.23. The molecule has 3 aromatic rings. The Balaban J connectivity index is 1.68. The fourth-order valence-corrected chi connectivity index (χ4v) is 3.73. The Labute approximate surface area is 173 Å². The first-order valence-corrected chi connectivity index (χ1v) is 9.94. The normalized spacial score (nSPS) is 16.4. The van der Waals surface area contributed by atoms with Gasteiger partial charge >= 0.3 is 0 Å². The lowest BCUT2D eigenvalue weighted by atomic mass is 9.97. The van der Waals surface area contributed by atoms with Gasteiger partial charge in [-0.25, -0.2) is 4.98 Å². The van der Waals surface area contributed by atoms with Crippen LogP contribution in [0.3, 0.4) is 0 Å². The highest BCUT2D eigenvalue weighted by Crippen LogP contribution is 2.27. The van der Waals surface area contributed by atoms with Gasteiger partial charge in [-0.15, -0.1) is 0 Å². The Morgan fingerprint density at radius 2 is 2.03 bits per heavy atom. The van der Waals surface area contributed by atoms with Crippen molar-refractivity contribution < 1.29 is 9.59 Å². The Bertz CT molecular complexity index is 1030. The number of benzene rings is 2. The molecule has 1 aliphatic heterocycles. The molecule has 6 nitrogen and oxygen atoms in total. The minimum Gasteiger partial charge on any atom is -0.325 e. The molecular formula is C22H21ClN4O2. The monoisotopic (exact) mass is 408 g/mol. The van der Waals surface area contributed by atoms with Crippen LogP contribution >= 0.6 is 11.6 Å². The van der Waals surface area contributed by atoms with E-state index in [4.69, 9.17) is 11.6 Å². The van der Waals surface area contributed by atoms with Crippen LogP contribution in [-0.4, -0.2) is 34.3 Å². The van der Waals surface area contributed by atoms with Gasteiger partial charge in [0.15, 0.2) is 5.78 Å². The summed E-state index contributed by atoms with van der Waals surface area (Å²) in [7, 11) is 0. The largest absolute Gasteiger partial charge is 0.325 e. The van der Waals surface area contributed by atoms with Crippen molar-refractivity contribution in [2.24, 2.45) is 5.92 Å². The van der Waals surface area contributed by atoms with E-state index in [1.165, 1.54) is 0 Å². The summed E-state index contributed by atoms with van der Waals surface area (Å²) in [5, 5.41) is 6.61. The van der Waals surface area contributed by atoms with Crippen LogP contribution in [0.15, 0.2) is 61.2 Å². The van der Waals surface area contributed by atoms with Crippen LogP contribution in [0.5, 0.6) is 0 Å². The average Bonchev–Trinajstić information content (AvgIpc) is 3.30. The molecule has 1 fully saturated rings. The van der Waals surface area contributed by atoms with Crippen molar-refractivity contribution in [1.82, 2.24) is 14.9 Å². The van der Waals surface area contributed by atoms with Crippen molar-refractivity contribution in [2.45, 2.75) is 12.8 Å². The van der Waals surface area contributed by atoms with Crippen LogP contribution in [0.2, 0.25) is 5.02 Å². The van der Waals surface area contributed by atoms with Gasteiger partial charge in [0, 0.05) is 35.1 Å². The van der Waals surface area contributed by atoms with Crippen molar-refractivity contribution in [1.29, 1.82) is 0 Å². The van der Waals surface area contributed by atoms with Crippen LogP contribution in [0.4, 0.5) is 5.69 Å². The predicted molar refractivity (Wildman–Crippen MR) is 113 cm³/mol. The van der Waals surface area contributed by atoms with Gasteiger partial charge in [-0.2, -0.15) is 0 Å². The molecule has 1 aromatic heterocycles. The number of carbonyl (C=O) groups excluding carboxylic acids is 2. The number of halogens is 1. The summed E-state index contributed by atoms with van der Waals surface area (Å²) in [6.45, 7) is 1.58. The summed E-state index contributed by atoms with van der Waals surface area (Å²) in [5.74, 6) is -0.411. The van der Waals surface area contributed by atoms with Crippen LogP contribution < -0.4 is 10.6 Å². The van der Waals surface area contributed by atoms with E-state index >= 15 is 0 Å². The molecule has 0 saturated carbocycles. The zero-order valence-corrected chi connectivity index (χ0v) is 16.5. The smallest absolute Gasteiger partial charge is 0.228 e. The maximum atomic E-state index is 13.4. The first kappa shape index (κ1) is 19.4. The number of para-hydroxylation sites is 1. The van der Waals surface area contributed by atoms with Gasteiger partial charge in [0.2, 0.25) is 5.91 Å². The summed E-state index contributed by atoms with van der Waals surface area (Å²) in [6, 6.07) is 12.2. The Morgan fingerprint density at radius 1 is 1.17 bits per heavy atom. The molecule has 4 rings (SSSR count). The van der Waals surface area contributed by atoms with Gasteiger partial charge in [0.1, 0.15) is 0 Å². The molecule has 2 heterocycles. The van der Waals surface area contributed by atoms with E-state index in [1.807, 2.05) is 18.2 Å². The topological polar surface area (TPSA) is 76.0 Å². The molecule has 2 N–H and O–H groups in total. The summed E-state index contributed by atoms with van der Waals surface area (Å²) in [5.41, 5.74) is 2.05. The molecule has 1 saturated heterocycles. The number of amides is 1. The molecule has 0 radical (unpaired) electrons. The molecule has 1 unspecified atom stereocenters. The highest BCUT2D eigenvalue weighted by molar-refractivity contribution is 6.31. The third-order valence-corrected chi connectivity index (χ3v) is 5.32. The van der Waals surface area contributed by atoms with Crippen molar-refractivity contribution >= 4 is 29.0 Å². The summed E-state index contributed by atoms with van der Waals surface area (Å²) in [6.07, 6.45) is 6.87. The number of ketones is 1. The Morgan fingerprint density at radius 3 is 2.79 bits per heavy atom. The first-order chi connectivity index (χ1) is 14.1. The second-order valence-corrected chi connectivity index (χ2v) is 7.48. The minimum atomic E-state index is -0.214. The molecule has 1 aliphatic rings.